The van der Waals surface area contributed by atoms with Gasteiger partial charge in [-0.3, -0.25) is 9.78 Å². The number of nitrogens with zero attached hydrogens (tertiary/aromatic N) is 4. The highest BCUT2D eigenvalue weighted by atomic mass is 16.6. The number of piperidine rings is 1. The average molecular weight is 413 g/mol. The number of carbonyl (C=O) groups excluding carboxylic acids is 2. The van der Waals surface area contributed by atoms with E-state index < -0.39 is 11.5 Å². The van der Waals surface area contributed by atoms with E-state index in [0.717, 1.165) is 0 Å². The molecule has 30 heavy (non-hydrogen) atoms. The lowest BCUT2D eigenvalue weighted by atomic mass is 10.0. The molecule has 1 saturated heterocycles. The van der Waals surface area contributed by atoms with E-state index in [4.69, 9.17) is 10.5 Å². The van der Waals surface area contributed by atoms with E-state index in [1.165, 1.54) is 6.20 Å². The van der Waals surface area contributed by atoms with Gasteiger partial charge in [0.25, 0.3) is 5.91 Å². The Hall–Kier alpha value is -3.43. The summed E-state index contributed by atoms with van der Waals surface area (Å²) in [5.74, 6) is 0.477. The molecule has 0 radical (unpaired) electrons. The lowest BCUT2D eigenvalue weighted by molar-refractivity contribution is 0.0210. The summed E-state index contributed by atoms with van der Waals surface area (Å²) in [6, 6.07) is 1.79. The predicted molar refractivity (Wildman–Crippen MR) is 113 cm³/mol. The van der Waals surface area contributed by atoms with Crippen molar-refractivity contribution in [1.29, 1.82) is 0 Å². The molecule has 10 nitrogen and oxygen atoms in total. The number of pyridine rings is 1. The number of aromatic nitrogens is 3. The highest BCUT2D eigenvalue weighted by molar-refractivity contribution is 5.98. The zero-order chi connectivity index (χ0) is 21.7. The Bertz CT molecular complexity index is 891. The van der Waals surface area contributed by atoms with Crippen LogP contribution >= 0.6 is 0 Å². The first kappa shape index (κ1) is 21.3. The quantitative estimate of drug-likeness (QED) is 0.680. The molecule has 4 N–H and O–H groups in total. The first-order valence-electron chi connectivity index (χ1n) is 9.78. The maximum Gasteiger partial charge on any atom is 0.410 e. The van der Waals surface area contributed by atoms with E-state index in [2.05, 4.69) is 25.6 Å². The fraction of sp³-hybridized carbons (Fsp3) is 0.450. The molecule has 0 bridgehead atoms. The molecule has 2 aromatic rings. The molecule has 2 amide bonds. The first-order chi connectivity index (χ1) is 14.2. The van der Waals surface area contributed by atoms with Crippen LogP contribution in [0.25, 0.3) is 0 Å². The summed E-state index contributed by atoms with van der Waals surface area (Å²) in [5, 5.41) is 6.41. The minimum Gasteiger partial charge on any atom is -0.444 e. The number of carbonyl (C=O) groups is 2. The second-order valence-corrected chi connectivity index (χ2v) is 8.08. The van der Waals surface area contributed by atoms with Gasteiger partial charge >= 0.3 is 6.09 Å². The Balaban J connectivity index is 1.66. The van der Waals surface area contributed by atoms with E-state index in [0.29, 0.717) is 48.8 Å². The van der Waals surface area contributed by atoms with Gasteiger partial charge in [0.2, 0.25) is 0 Å². The number of likely N-dealkylation sites (tertiary alicyclic amines) is 1. The molecule has 0 atom stereocenters. The maximum absolute atomic E-state index is 12.2. The van der Waals surface area contributed by atoms with E-state index in [1.807, 2.05) is 20.8 Å². The highest BCUT2D eigenvalue weighted by Gasteiger charge is 2.27. The monoisotopic (exact) mass is 413 g/mol. The van der Waals surface area contributed by atoms with Crippen molar-refractivity contribution in [2.24, 2.45) is 5.73 Å². The summed E-state index contributed by atoms with van der Waals surface area (Å²) in [4.78, 5) is 38.2. The topological polar surface area (TPSA) is 135 Å². The third kappa shape index (κ3) is 5.79. The number of ether oxygens (including phenoxy) is 1. The molecule has 2 aromatic heterocycles. The van der Waals surface area contributed by atoms with Crippen LogP contribution < -0.4 is 16.4 Å². The third-order valence-corrected chi connectivity index (χ3v) is 4.50. The fourth-order valence-corrected chi connectivity index (χ4v) is 3.09. The number of hydrogen-bond donors (Lipinski definition) is 3. The van der Waals surface area contributed by atoms with Gasteiger partial charge in [0.1, 0.15) is 17.2 Å². The molecular formula is C20H27N7O3. The Morgan fingerprint density at radius 2 is 1.87 bits per heavy atom. The summed E-state index contributed by atoms with van der Waals surface area (Å²) in [6.07, 6.45) is 7.27. The Labute approximate surface area is 175 Å². The van der Waals surface area contributed by atoms with Gasteiger partial charge in [0.05, 0.1) is 17.4 Å². The molecule has 3 rings (SSSR count). The molecule has 1 aliphatic rings. The van der Waals surface area contributed by atoms with E-state index in [9.17, 15) is 9.59 Å². The number of primary amides is 1. The summed E-state index contributed by atoms with van der Waals surface area (Å²) >= 11 is 0. The van der Waals surface area contributed by atoms with Crippen LogP contribution in [-0.4, -0.2) is 56.6 Å². The summed E-state index contributed by atoms with van der Waals surface area (Å²) in [7, 11) is 0. The van der Waals surface area contributed by atoms with Gasteiger partial charge in [-0.05, 0) is 33.6 Å². The number of amides is 2. The zero-order valence-electron chi connectivity index (χ0n) is 17.4. The molecule has 0 unspecified atom stereocenters. The van der Waals surface area contributed by atoms with Crippen LogP contribution in [0.3, 0.4) is 0 Å². The molecule has 1 aliphatic heterocycles. The average Bonchev–Trinajstić information content (AvgIpc) is 2.68. The number of rotatable bonds is 5. The Morgan fingerprint density at radius 1 is 1.13 bits per heavy atom. The van der Waals surface area contributed by atoms with Gasteiger partial charge < -0.3 is 26.0 Å². The third-order valence-electron chi connectivity index (χ3n) is 4.50. The standard InChI is InChI=1S/C20H27N7O3/c1-20(2,3)30-19(29)27-8-4-13(5-9-27)25-15-10-16(24-11-14(15)18(21)28)26-17-12-22-6-7-23-17/h6-7,10-13H,4-5,8-9H2,1-3H3,(H2,21,28)(H2,23,24,25,26). The minimum atomic E-state index is -0.567. The first-order valence-corrected chi connectivity index (χ1v) is 9.78. The summed E-state index contributed by atoms with van der Waals surface area (Å²) in [6.45, 7) is 6.67. The predicted octanol–water partition coefficient (Wildman–Crippen LogP) is 2.53. The fourth-order valence-electron chi connectivity index (χ4n) is 3.09. The van der Waals surface area contributed by atoms with E-state index >= 15 is 0 Å². The van der Waals surface area contributed by atoms with Gasteiger partial charge in [-0.25, -0.2) is 14.8 Å². The number of anilines is 3. The minimum absolute atomic E-state index is 0.0774. The molecule has 0 aromatic carbocycles. The summed E-state index contributed by atoms with van der Waals surface area (Å²) < 4.78 is 5.43. The number of nitrogens with one attached hydrogen (secondary N) is 2. The molecule has 160 valence electrons. The molecule has 0 aliphatic carbocycles. The van der Waals surface area contributed by atoms with Gasteiger partial charge in [0, 0.05) is 43.8 Å². The largest absolute Gasteiger partial charge is 0.444 e. The lowest BCUT2D eigenvalue weighted by Gasteiger charge is -2.34. The van der Waals surface area contributed by atoms with Crippen molar-refractivity contribution in [3.05, 3.63) is 36.4 Å². The lowest BCUT2D eigenvalue weighted by Crippen LogP contribution is -2.44. The van der Waals surface area contributed by atoms with Crippen molar-refractivity contribution in [2.45, 2.75) is 45.3 Å². The van der Waals surface area contributed by atoms with Gasteiger partial charge in [-0.1, -0.05) is 0 Å². The van der Waals surface area contributed by atoms with Crippen molar-refractivity contribution >= 4 is 29.3 Å². The van der Waals surface area contributed by atoms with Crippen LogP contribution in [0.2, 0.25) is 0 Å². The molecule has 0 spiro atoms. The van der Waals surface area contributed by atoms with Crippen LogP contribution in [0, 0.1) is 0 Å². The second kappa shape index (κ2) is 8.93. The molecule has 1 fully saturated rings. The van der Waals surface area contributed by atoms with Crippen molar-refractivity contribution < 1.29 is 14.3 Å². The van der Waals surface area contributed by atoms with Crippen LogP contribution in [0.15, 0.2) is 30.9 Å². The Morgan fingerprint density at radius 3 is 2.47 bits per heavy atom. The van der Waals surface area contributed by atoms with Crippen molar-refractivity contribution in [1.82, 2.24) is 19.9 Å². The Kier molecular flexibility index (Phi) is 6.34. The van der Waals surface area contributed by atoms with E-state index in [-0.39, 0.29) is 12.1 Å². The SMILES string of the molecule is CC(C)(C)OC(=O)N1CCC(Nc2cc(Nc3cnccn3)ncc2C(N)=O)CC1. The molecule has 0 saturated carbocycles. The number of hydrogen-bond acceptors (Lipinski definition) is 8. The molecular weight excluding hydrogens is 386 g/mol. The normalized spacial score (nSPS) is 14.8. The van der Waals surface area contributed by atoms with Crippen LogP contribution in [-0.2, 0) is 4.74 Å². The van der Waals surface area contributed by atoms with Crippen molar-refractivity contribution in [3.63, 3.8) is 0 Å². The van der Waals surface area contributed by atoms with Crippen LogP contribution in [0.5, 0.6) is 0 Å². The molecule has 10 heteroatoms. The van der Waals surface area contributed by atoms with Crippen LogP contribution in [0.4, 0.5) is 22.1 Å². The smallest absolute Gasteiger partial charge is 0.410 e. The van der Waals surface area contributed by atoms with Crippen LogP contribution in [0.1, 0.15) is 44.0 Å². The maximum atomic E-state index is 12.2. The van der Waals surface area contributed by atoms with Gasteiger partial charge in [-0.2, -0.15) is 0 Å². The van der Waals surface area contributed by atoms with Gasteiger partial charge in [-0.15, -0.1) is 0 Å². The van der Waals surface area contributed by atoms with Crippen molar-refractivity contribution in [2.75, 3.05) is 23.7 Å². The summed E-state index contributed by atoms with van der Waals surface area (Å²) in [5.41, 5.74) is 5.87. The van der Waals surface area contributed by atoms with E-state index in [1.54, 1.807) is 29.6 Å². The second-order valence-electron chi connectivity index (χ2n) is 8.08. The zero-order valence-corrected chi connectivity index (χ0v) is 17.4. The highest BCUT2D eigenvalue weighted by Crippen LogP contribution is 2.24. The van der Waals surface area contributed by atoms with Crippen molar-refractivity contribution in [3.8, 4) is 0 Å². The molecule has 3 heterocycles. The number of nitrogens with two attached hydrogens (primary N) is 1. The van der Waals surface area contributed by atoms with Gasteiger partial charge in [0.15, 0.2) is 0 Å².